The molecule has 128 valence electrons. The molecule has 0 amide bonds. The van der Waals surface area contributed by atoms with Gasteiger partial charge in [0.25, 0.3) is 0 Å². The number of benzene rings is 2. The van der Waals surface area contributed by atoms with Crippen molar-refractivity contribution in [3.05, 3.63) is 65.2 Å². The van der Waals surface area contributed by atoms with Gasteiger partial charge in [0.1, 0.15) is 17.6 Å². The molecule has 0 atom stereocenters. The van der Waals surface area contributed by atoms with Crippen LogP contribution in [-0.4, -0.2) is 14.5 Å². The van der Waals surface area contributed by atoms with Gasteiger partial charge in [-0.1, -0.05) is 19.1 Å². The molecule has 2 aromatic heterocycles. The highest BCUT2D eigenvalue weighted by Crippen LogP contribution is 2.33. The molecule has 0 spiro atoms. The molecule has 26 heavy (non-hydrogen) atoms. The zero-order valence-corrected chi connectivity index (χ0v) is 14.6. The minimum absolute atomic E-state index is 0.223. The predicted octanol–water partition coefficient (Wildman–Crippen LogP) is 4.68. The number of anilines is 2. The van der Waals surface area contributed by atoms with E-state index in [1.165, 1.54) is 0 Å². The number of nitriles is 1. The maximum absolute atomic E-state index is 9.72. The second kappa shape index (κ2) is 6.08. The largest absolute Gasteiger partial charge is 0.508 e. The van der Waals surface area contributed by atoms with Crippen LogP contribution < -0.4 is 5.32 Å². The summed E-state index contributed by atoms with van der Waals surface area (Å²) in [5.41, 5.74) is 5.95. The molecule has 0 fully saturated rings. The van der Waals surface area contributed by atoms with Crippen LogP contribution in [0.2, 0.25) is 0 Å². The predicted molar refractivity (Wildman–Crippen MR) is 103 cm³/mol. The van der Waals surface area contributed by atoms with Gasteiger partial charge >= 0.3 is 0 Å². The Labute approximate surface area is 151 Å². The number of nitrogens with zero attached hydrogens (tertiary/aromatic N) is 3. The molecule has 0 saturated heterocycles. The van der Waals surface area contributed by atoms with Gasteiger partial charge in [-0.15, -0.1) is 0 Å². The lowest BCUT2D eigenvalue weighted by Crippen LogP contribution is -2.07. The summed E-state index contributed by atoms with van der Waals surface area (Å²) in [7, 11) is 0. The Morgan fingerprint density at radius 1 is 1.15 bits per heavy atom. The third-order valence-corrected chi connectivity index (χ3v) is 4.72. The number of aromatic nitrogens is 2. The summed E-state index contributed by atoms with van der Waals surface area (Å²) in [4.78, 5) is 4.70. The highest BCUT2D eigenvalue weighted by molar-refractivity contribution is 5.87. The number of rotatable bonds is 3. The first-order chi connectivity index (χ1) is 12.6. The van der Waals surface area contributed by atoms with Gasteiger partial charge in [0, 0.05) is 5.69 Å². The molecule has 2 N–H and O–H groups in total. The van der Waals surface area contributed by atoms with Crippen molar-refractivity contribution in [1.29, 1.82) is 5.26 Å². The Bertz CT molecular complexity index is 1170. The summed E-state index contributed by atoms with van der Waals surface area (Å²) < 4.78 is 2.02. The summed E-state index contributed by atoms with van der Waals surface area (Å²) in [5.74, 6) is 1.12. The molecule has 5 heteroatoms. The highest BCUT2D eigenvalue weighted by Gasteiger charge is 2.19. The van der Waals surface area contributed by atoms with Crippen molar-refractivity contribution in [2.75, 3.05) is 5.32 Å². The van der Waals surface area contributed by atoms with E-state index in [1.807, 2.05) is 47.7 Å². The maximum Gasteiger partial charge on any atom is 0.157 e. The summed E-state index contributed by atoms with van der Waals surface area (Å²) in [6.07, 6.45) is 0.781. The topological polar surface area (TPSA) is 73.4 Å². The van der Waals surface area contributed by atoms with Crippen molar-refractivity contribution in [3.63, 3.8) is 0 Å². The smallest absolute Gasteiger partial charge is 0.157 e. The number of hydrogen-bond acceptors (Lipinski definition) is 4. The van der Waals surface area contributed by atoms with Crippen molar-refractivity contribution in [2.24, 2.45) is 0 Å². The van der Waals surface area contributed by atoms with Gasteiger partial charge in [0.2, 0.25) is 0 Å². The number of fused-ring (bicyclic) bond motifs is 3. The molecule has 5 nitrogen and oxygen atoms in total. The third-order valence-electron chi connectivity index (χ3n) is 4.72. The van der Waals surface area contributed by atoms with E-state index in [9.17, 15) is 10.4 Å². The molecule has 0 aliphatic carbocycles. The molecular weight excluding hydrogens is 324 g/mol. The van der Waals surface area contributed by atoms with Crippen LogP contribution in [0.1, 0.15) is 23.6 Å². The summed E-state index contributed by atoms with van der Waals surface area (Å²) in [6.45, 7) is 4.05. The minimum atomic E-state index is 0.223. The van der Waals surface area contributed by atoms with Crippen molar-refractivity contribution < 1.29 is 5.11 Å². The van der Waals surface area contributed by atoms with Crippen molar-refractivity contribution >= 4 is 28.2 Å². The molecule has 0 unspecified atom stereocenters. The number of para-hydroxylation sites is 2. The van der Waals surface area contributed by atoms with E-state index in [4.69, 9.17) is 4.98 Å². The van der Waals surface area contributed by atoms with Crippen LogP contribution in [0.4, 0.5) is 11.5 Å². The van der Waals surface area contributed by atoms with E-state index in [-0.39, 0.29) is 5.75 Å². The SMILES string of the molecule is CCc1c(C)c(C#N)c2nc3ccccc3n2c1Nc1ccc(O)cc1. The van der Waals surface area contributed by atoms with Crippen molar-refractivity contribution in [1.82, 2.24) is 9.38 Å². The minimum Gasteiger partial charge on any atom is -0.508 e. The highest BCUT2D eigenvalue weighted by atomic mass is 16.3. The zero-order chi connectivity index (χ0) is 18.3. The molecule has 4 aromatic rings. The standard InChI is InChI=1S/C21H18N4O/c1-3-16-13(2)17(12-22)21-24-18-6-4-5-7-19(18)25(21)20(16)23-14-8-10-15(26)11-9-14/h4-11,23,26H,3H2,1-2H3. The quantitative estimate of drug-likeness (QED) is 0.530. The van der Waals surface area contributed by atoms with Gasteiger partial charge in [-0.3, -0.25) is 4.40 Å². The van der Waals surface area contributed by atoms with Crippen LogP contribution >= 0.6 is 0 Å². The Morgan fingerprint density at radius 3 is 2.58 bits per heavy atom. The molecule has 0 aliphatic rings. The lowest BCUT2D eigenvalue weighted by atomic mass is 10.0. The monoisotopic (exact) mass is 342 g/mol. The van der Waals surface area contributed by atoms with Crippen LogP contribution in [0.5, 0.6) is 5.75 Å². The van der Waals surface area contributed by atoms with Crippen LogP contribution in [0.3, 0.4) is 0 Å². The van der Waals surface area contributed by atoms with Gasteiger partial charge in [-0.2, -0.15) is 5.26 Å². The van der Waals surface area contributed by atoms with Gasteiger partial charge in [-0.25, -0.2) is 4.98 Å². The second-order valence-corrected chi connectivity index (χ2v) is 6.22. The van der Waals surface area contributed by atoms with Crippen LogP contribution in [-0.2, 0) is 6.42 Å². The number of phenolic OH excluding ortho intramolecular Hbond substituents is 1. The van der Waals surface area contributed by atoms with Crippen LogP contribution in [0.25, 0.3) is 16.7 Å². The average molecular weight is 342 g/mol. The third kappa shape index (κ3) is 2.35. The normalized spacial score (nSPS) is 11.0. The molecular formula is C21H18N4O. The van der Waals surface area contributed by atoms with E-state index in [2.05, 4.69) is 18.3 Å². The van der Waals surface area contributed by atoms with Gasteiger partial charge < -0.3 is 10.4 Å². The van der Waals surface area contributed by atoms with Gasteiger partial charge in [-0.05, 0) is 60.9 Å². The number of pyridine rings is 1. The number of aromatic hydroxyl groups is 1. The molecule has 0 aliphatic heterocycles. The first-order valence-corrected chi connectivity index (χ1v) is 8.52. The summed E-state index contributed by atoms with van der Waals surface area (Å²) in [6, 6.07) is 17.2. The zero-order valence-electron chi connectivity index (χ0n) is 14.6. The van der Waals surface area contributed by atoms with Crippen LogP contribution in [0, 0.1) is 18.3 Å². The molecule has 0 saturated carbocycles. The maximum atomic E-state index is 9.72. The average Bonchev–Trinajstić information content (AvgIpc) is 3.03. The summed E-state index contributed by atoms with van der Waals surface area (Å²) >= 11 is 0. The number of nitrogens with one attached hydrogen (secondary N) is 1. The van der Waals surface area contributed by atoms with Crippen molar-refractivity contribution in [3.8, 4) is 11.8 Å². The fourth-order valence-corrected chi connectivity index (χ4v) is 3.43. The van der Waals surface area contributed by atoms with Gasteiger partial charge in [0.05, 0.1) is 16.6 Å². The van der Waals surface area contributed by atoms with Crippen LogP contribution in [0.15, 0.2) is 48.5 Å². The van der Waals surface area contributed by atoms with E-state index in [1.54, 1.807) is 12.1 Å². The Morgan fingerprint density at radius 2 is 1.88 bits per heavy atom. The fourth-order valence-electron chi connectivity index (χ4n) is 3.43. The molecule has 2 aromatic carbocycles. The fraction of sp³-hybridized carbons (Fsp3) is 0.143. The van der Waals surface area contributed by atoms with E-state index < -0.39 is 0 Å². The number of imidazole rings is 1. The lowest BCUT2D eigenvalue weighted by molar-refractivity contribution is 0.475. The molecule has 4 rings (SSSR count). The Balaban J connectivity index is 2.09. The Kier molecular flexibility index (Phi) is 3.74. The molecule has 0 bridgehead atoms. The van der Waals surface area contributed by atoms with E-state index in [0.717, 1.165) is 40.1 Å². The Hall–Kier alpha value is -3.52. The number of phenols is 1. The molecule has 2 heterocycles. The molecule has 0 radical (unpaired) electrons. The van der Waals surface area contributed by atoms with Crippen molar-refractivity contribution in [2.45, 2.75) is 20.3 Å². The first kappa shape index (κ1) is 16.0. The summed E-state index contributed by atoms with van der Waals surface area (Å²) in [5, 5.41) is 22.7. The second-order valence-electron chi connectivity index (χ2n) is 6.22. The van der Waals surface area contributed by atoms with E-state index >= 15 is 0 Å². The number of hydrogen-bond donors (Lipinski definition) is 2. The first-order valence-electron chi connectivity index (χ1n) is 8.52. The lowest BCUT2D eigenvalue weighted by Gasteiger charge is -2.18. The van der Waals surface area contributed by atoms with E-state index in [0.29, 0.717) is 11.2 Å². The van der Waals surface area contributed by atoms with Gasteiger partial charge in [0.15, 0.2) is 5.65 Å².